The van der Waals surface area contributed by atoms with Crippen LogP contribution < -0.4 is 0 Å². The van der Waals surface area contributed by atoms with Crippen LogP contribution in [-0.2, 0) is 14.3 Å². The van der Waals surface area contributed by atoms with Gasteiger partial charge in [0.2, 0.25) is 0 Å². The Morgan fingerprint density at radius 2 is 1.94 bits per heavy atom. The van der Waals surface area contributed by atoms with Gasteiger partial charge in [0, 0.05) is 5.41 Å². The van der Waals surface area contributed by atoms with Gasteiger partial charge >= 0.3 is 11.9 Å². The van der Waals surface area contributed by atoms with Crippen LogP contribution in [0.15, 0.2) is 0 Å². The third-order valence-electron chi connectivity index (χ3n) is 5.53. The molecule has 2 bridgehead atoms. The molecule has 3 atom stereocenters. The predicted octanol–water partition coefficient (Wildman–Crippen LogP) is 2.61. The first-order valence-electron chi connectivity index (χ1n) is 6.68. The van der Waals surface area contributed by atoms with E-state index >= 15 is 0 Å². The van der Waals surface area contributed by atoms with Crippen molar-refractivity contribution in [3.8, 4) is 0 Å². The number of carboxylic acid groups (broad SMARTS) is 1. The molecule has 1 N–H and O–H groups in total. The molecule has 2 rings (SSSR count). The molecule has 0 aliphatic heterocycles. The first-order chi connectivity index (χ1) is 8.27. The van der Waals surface area contributed by atoms with Crippen LogP contribution in [0.2, 0.25) is 0 Å². The highest BCUT2D eigenvalue weighted by atomic mass is 16.5. The Balaban J connectivity index is 1.96. The standard InChI is InChI=1S/C14H22O4/c1-13(2)9-6-7-14(13,3)10(8-9)18-12(17)5-4-11(15)16/h9-10H,4-8H2,1-3H3,(H,15,16)/t9-,10+,14+/m0/s1. The average Bonchev–Trinajstić information content (AvgIpc) is 2.59. The summed E-state index contributed by atoms with van der Waals surface area (Å²) in [5.74, 6) is -0.696. The summed E-state index contributed by atoms with van der Waals surface area (Å²) in [5.41, 5.74) is 0.265. The zero-order chi connectivity index (χ0) is 13.6. The van der Waals surface area contributed by atoms with Crippen LogP contribution in [0, 0.1) is 16.7 Å². The Kier molecular flexibility index (Phi) is 3.16. The second kappa shape index (κ2) is 4.25. The van der Waals surface area contributed by atoms with E-state index in [1.807, 2.05) is 0 Å². The van der Waals surface area contributed by atoms with E-state index < -0.39 is 5.97 Å². The van der Waals surface area contributed by atoms with Crippen LogP contribution in [0.5, 0.6) is 0 Å². The Labute approximate surface area is 108 Å². The van der Waals surface area contributed by atoms with E-state index in [1.54, 1.807) is 0 Å². The van der Waals surface area contributed by atoms with Gasteiger partial charge in [-0.05, 0) is 30.6 Å². The monoisotopic (exact) mass is 254 g/mol. The molecule has 2 saturated carbocycles. The number of carbonyl (C=O) groups excluding carboxylic acids is 1. The molecule has 2 aliphatic rings. The van der Waals surface area contributed by atoms with Crippen LogP contribution in [0.25, 0.3) is 0 Å². The predicted molar refractivity (Wildman–Crippen MR) is 66.0 cm³/mol. The van der Waals surface area contributed by atoms with Gasteiger partial charge in [-0.1, -0.05) is 20.8 Å². The van der Waals surface area contributed by atoms with Crippen LogP contribution in [0.4, 0.5) is 0 Å². The normalized spacial score (nSPS) is 36.6. The minimum absolute atomic E-state index is 0.0208. The maximum Gasteiger partial charge on any atom is 0.306 e. The maximum absolute atomic E-state index is 11.6. The highest BCUT2D eigenvalue weighted by Crippen LogP contribution is 2.66. The number of carboxylic acids is 1. The van der Waals surface area contributed by atoms with Gasteiger partial charge in [-0.2, -0.15) is 0 Å². The zero-order valence-corrected chi connectivity index (χ0v) is 11.4. The summed E-state index contributed by atoms with van der Waals surface area (Å²) in [6.45, 7) is 6.72. The van der Waals surface area contributed by atoms with Crippen molar-refractivity contribution in [3.63, 3.8) is 0 Å². The topological polar surface area (TPSA) is 63.6 Å². The van der Waals surface area contributed by atoms with Crippen molar-refractivity contribution in [3.05, 3.63) is 0 Å². The van der Waals surface area contributed by atoms with Gasteiger partial charge in [0.05, 0.1) is 12.8 Å². The Morgan fingerprint density at radius 3 is 2.39 bits per heavy atom. The molecule has 0 spiro atoms. The van der Waals surface area contributed by atoms with Gasteiger partial charge in [0.15, 0.2) is 0 Å². The molecule has 18 heavy (non-hydrogen) atoms. The molecule has 102 valence electrons. The molecule has 2 aliphatic carbocycles. The Bertz CT molecular complexity index is 374. The van der Waals surface area contributed by atoms with Gasteiger partial charge in [-0.3, -0.25) is 9.59 Å². The van der Waals surface area contributed by atoms with Crippen molar-refractivity contribution in [2.24, 2.45) is 16.7 Å². The molecule has 0 radical (unpaired) electrons. The number of ether oxygens (including phenoxy) is 1. The molecule has 0 amide bonds. The zero-order valence-electron chi connectivity index (χ0n) is 11.4. The highest BCUT2D eigenvalue weighted by Gasteiger charge is 2.62. The fourth-order valence-electron chi connectivity index (χ4n) is 3.74. The number of hydrogen-bond donors (Lipinski definition) is 1. The minimum atomic E-state index is -0.952. The van der Waals surface area contributed by atoms with Gasteiger partial charge in [-0.25, -0.2) is 0 Å². The number of esters is 1. The van der Waals surface area contributed by atoms with E-state index in [4.69, 9.17) is 9.84 Å². The third-order valence-corrected chi connectivity index (χ3v) is 5.53. The average molecular weight is 254 g/mol. The quantitative estimate of drug-likeness (QED) is 0.783. The Morgan fingerprint density at radius 1 is 1.28 bits per heavy atom. The summed E-state index contributed by atoms with van der Waals surface area (Å²) in [7, 11) is 0. The lowest BCUT2D eigenvalue weighted by Crippen LogP contribution is -2.38. The Hall–Kier alpha value is -1.06. The minimum Gasteiger partial charge on any atom is -0.481 e. The summed E-state index contributed by atoms with van der Waals surface area (Å²) in [5, 5.41) is 8.55. The lowest BCUT2D eigenvalue weighted by atomic mass is 9.70. The van der Waals surface area contributed by atoms with Crippen LogP contribution in [-0.4, -0.2) is 23.1 Å². The fraction of sp³-hybridized carbons (Fsp3) is 0.857. The molecule has 0 aromatic carbocycles. The second-order valence-electron chi connectivity index (χ2n) is 6.48. The molecule has 0 heterocycles. The van der Waals surface area contributed by atoms with Crippen molar-refractivity contribution in [2.45, 2.75) is 59.0 Å². The fourth-order valence-corrected chi connectivity index (χ4v) is 3.74. The molecule has 0 saturated heterocycles. The SMILES string of the molecule is CC1(C)[C@H]2CC[C@]1(C)[C@H](OC(=O)CCC(=O)O)C2. The van der Waals surface area contributed by atoms with Crippen LogP contribution >= 0.6 is 0 Å². The number of aliphatic carboxylic acids is 1. The summed E-state index contributed by atoms with van der Waals surface area (Å²) >= 11 is 0. The van der Waals surface area contributed by atoms with Crippen LogP contribution in [0.1, 0.15) is 52.9 Å². The van der Waals surface area contributed by atoms with Gasteiger partial charge < -0.3 is 9.84 Å². The largest absolute Gasteiger partial charge is 0.481 e. The lowest BCUT2D eigenvalue weighted by Gasteiger charge is -2.38. The third kappa shape index (κ3) is 1.91. The smallest absolute Gasteiger partial charge is 0.306 e. The van der Waals surface area contributed by atoms with Crippen LogP contribution in [0.3, 0.4) is 0 Å². The summed E-state index contributed by atoms with van der Waals surface area (Å²) in [6.07, 6.45) is 3.05. The molecular formula is C14H22O4. The second-order valence-corrected chi connectivity index (χ2v) is 6.48. The van der Waals surface area contributed by atoms with Gasteiger partial charge in [0.25, 0.3) is 0 Å². The maximum atomic E-state index is 11.6. The van der Waals surface area contributed by atoms with Gasteiger partial charge in [-0.15, -0.1) is 0 Å². The van der Waals surface area contributed by atoms with Gasteiger partial charge in [0.1, 0.15) is 6.10 Å². The summed E-state index contributed by atoms with van der Waals surface area (Å²) in [6, 6.07) is 0. The highest BCUT2D eigenvalue weighted by molar-refractivity contribution is 5.76. The first-order valence-corrected chi connectivity index (χ1v) is 6.68. The summed E-state index contributed by atoms with van der Waals surface area (Å²) in [4.78, 5) is 22.1. The van der Waals surface area contributed by atoms with E-state index in [0.717, 1.165) is 12.8 Å². The summed E-state index contributed by atoms with van der Waals surface area (Å²) < 4.78 is 5.53. The van der Waals surface area contributed by atoms with E-state index in [0.29, 0.717) is 5.92 Å². The van der Waals surface area contributed by atoms with Crippen molar-refractivity contribution >= 4 is 11.9 Å². The number of fused-ring (bicyclic) bond motifs is 2. The number of carbonyl (C=O) groups is 2. The lowest BCUT2D eigenvalue weighted by molar-refractivity contribution is -0.158. The molecule has 4 heteroatoms. The molecule has 2 fully saturated rings. The van der Waals surface area contributed by atoms with E-state index in [9.17, 15) is 9.59 Å². The van der Waals surface area contributed by atoms with Crippen molar-refractivity contribution in [2.75, 3.05) is 0 Å². The van der Waals surface area contributed by atoms with E-state index in [-0.39, 0.29) is 35.7 Å². The number of rotatable bonds is 4. The molecule has 0 aromatic rings. The van der Waals surface area contributed by atoms with Crippen molar-refractivity contribution < 1.29 is 19.4 Å². The molecule has 0 aromatic heterocycles. The number of hydrogen-bond acceptors (Lipinski definition) is 3. The van der Waals surface area contributed by atoms with Crippen molar-refractivity contribution in [1.29, 1.82) is 0 Å². The molecule has 4 nitrogen and oxygen atoms in total. The van der Waals surface area contributed by atoms with E-state index in [1.165, 1.54) is 6.42 Å². The first kappa shape index (κ1) is 13.4. The van der Waals surface area contributed by atoms with E-state index in [2.05, 4.69) is 20.8 Å². The molecular weight excluding hydrogens is 232 g/mol. The van der Waals surface area contributed by atoms with Crippen molar-refractivity contribution in [1.82, 2.24) is 0 Å². The molecule has 0 unspecified atom stereocenters.